The zero-order valence-corrected chi connectivity index (χ0v) is 21.7. The molecule has 1 N–H and O–H groups in total. The zero-order valence-electron chi connectivity index (χ0n) is 21.0. The van der Waals surface area contributed by atoms with Crippen molar-refractivity contribution in [1.29, 1.82) is 0 Å². The molecule has 0 atom stereocenters. The number of anilines is 1. The Balaban J connectivity index is 1.67. The van der Waals surface area contributed by atoms with Gasteiger partial charge in [-0.1, -0.05) is 11.6 Å². The highest BCUT2D eigenvalue weighted by molar-refractivity contribution is 6.32. The molecule has 10 heteroatoms. The molecule has 3 rings (SSSR count). The Labute approximate surface area is 210 Å². The summed E-state index contributed by atoms with van der Waals surface area (Å²) >= 11 is 6.32. The fourth-order valence-corrected chi connectivity index (χ4v) is 4.03. The maximum atomic E-state index is 12.8. The number of likely N-dealkylation sites (N-methyl/N-ethyl adjacent to an activating group) is 1. The van der Waals surface area contributed by atoms with Crippen molar-refractivity contribution in [2.75, 3.05) is 25.0 Å². The van der Waals surface area contributed by atoms with Gasteiger partial charge in [0.2, 0.25) is 5.91 Å². The van der Waals surface area contributed by atoms with Gasteiger partial charge in [0.25, 0.3) is 11.9 Å². The number of amides is 2. The summed E-state index contributed by atoms with van der Waals surface area (Å²) in [7, 11) is 0. The second-order valence-corrected chi connectivity index (χ2v) is 8.64. The van der Waals surface area contributed by atoms with E-state index in [9.17, 15) is 9.59 Å². The molecule has 35 heavy (non-hydrogen) atoms. The summed E-state index contributed by atoms with van der Waals surface area (Å²) in [6.07, 6.45) is 0.136. The molecular formula is C25H31ClN6O3. The number of halogens is 1. The van der Waals surface area contributed by atoms with Crippen LogP contribution in [0.5, 0.6) is 5.75 Å². The third kappa shape index (κ3) is 6.36. The van der Waals surface area contributed by atoms with E-state index in [1.54, 1.807) is 27.8 Å². The van der Waals surface area contributed by atoms with Gasteiger partial charge in [-0.25, -0.2) is 14.6 Å². The average molecular weight is 499 g/mol. The van der Waals surface area contributed by atoms with Crippen molar-refractivity contribution in [2.45, 2.75) is 48.0 Å². The molecule has 0 radical (unpaired) electrons. The normalized spacial score (nSPS) is 10.8. The van der Waals surface area contributed by atoms with Crippen molar-refractivity contribution in [3.63, 3.8) is 0 Å². The molecular weight excluding hydrogens is 468 g/mol. The number of rotatable bonds is 9. The summed E-state index contributed by atoms with van der Waals surface area (Å²) in [6, 6.07) is 6.82. The average Bonchev–Trinajstić information content (AvgIpc) is 3.07. The van der Waals surface area contributed by atoms with Gasteiger partial charge in [0, 0.05) is 41.4 Å². The number of nitrogens with one attached hydrogen (secondary N) is 1. The van der Waals surface area contributed by atoms with E-state index in [1.807, 2.05) is 47.6 Å². The predicted octanol–water partition coefficient (Wildman–Crippen LogP) is 3.98. The van der Waals surface area contributed by atoms with Crippen LogP contribution in [0.4, 0.5) is 5.69 Å². The minimum absolute atomic E-state index is 0.0974. The first kappa shape index (κ1) is 26.2. The topological polar surface area (TPSA) is 102 Å². The fraction of sp³-hybridized carbons (Fsp3) is 0.400. The molecule has 2 amide bonds. The number of carbonyl (C=O) groups is 2. The summed E-state index contributed by atoms with van der Waals surface area (Å²) in [4.78, 5) is 35.5. The lowest BCUT2D eigenvalue weighted by Crippen LogP contribution is -2.34. The molecule has 9 nitrogen and oxygen atoms in total. The van der Waals surface area contributed by atoms with Gasteiger partial charge in [-0.3, -0.25) is 9.59 Å². The van der Waals surface area contributed by atoms with Crippen LogP contribution in [0.3, 0.4) is 0 Å². The first-order valence-electron chi connectivity index (χ1n) is 11.5. The molecule has 0 saturated carbocycles. The molecule has 0 aliphatic heterocycles. The van der Waals surface area contributed by atoms with Crippen LogP contribution in [0.2, 0.25) is 5.02 Å². The highest BCUT2D eigenvalue weighted by Crippen LogP contribution is 2.28. The van der Waals surface area contributed by atoms with E-state index in [0.717, 1.165) is 28.3 Å². The van der Waals surface area contributed by atoms with Crippen molar-refractivity contribution in [3.05, 3.63) is 57.6 Å². The van der Waals surface area contributed by atoms with E-state index in [-0.39, 0.29) is 24.8 Å². The molecule has 0 saturated heterocycles. The Bertz CT molecular complexity index is 1220. The lowest BCUT2D eigenvalue weighted by atomic mass is 10.1. The number of hydrogen-bond acceptors (Lipinski definition) is 6. The summed E-state index contributed by atoms with van der Waals surface area (Å²) in [5.41, 5.74) is 4.58. The van der Waals surface area contributed by atoms with E-state index in [4.69, 9.17) is 16.3 Å². The third-order valence-corrected chi connectivity index (χ3v) is 5.92. The van der Waals surface area contributed by atoms with Crippen LogP contribution < -0.4 is 10.1 Å². The minimum Gasteiger partial charge on any atom is -0.482 e. The van der Waals surface area contributed by atoms with Crippen molar-refractivity contribution in [1.82, 2.24) is 24.6 Å². The Morgan fingerprint density at radius 3 is 2.31 bits per heavy atom. The van der Waals surface area contributed by atoms with Crippen LogP contribution in [-0.2, 0) is 16.0 Å². The number of hydrogen-bond donors (Lipinski definition) is 1. The molecule has 186 valence electrons. The second-order valence-electron chi connectivity index (χ2n) is 8.24. The van der Waals surface area contributed by atoms with Crippen LogP contribution >= 0.6 is 11.6 Å². The zero-order chi connectivity index (χ0) is 25.7. The Hall–Kier alpha value is -3.46. The Kier molecular flexibility index (Phi) is 8.45. The maximum Gasteiger partial charge on any atom is 0.260 e. The van der Waals surface area contributed by atoms with Crippen LogP contribution in [0.1, 0.15) is 42.2 Å². The molecule has 0 unspecified atom stereocenters. The number of benzene rings is 1. The summed E-state index contributed by atoms with van der Waals surface area (Å²) < 4.78 is 7.24. The van der Waals surface area contributed by atoms with Gasteiger partial charge in [-0.15, -0.1) is 0 Å². The lowest BCUT2D eigenvalue weighted by molar-refractivity contribution is -0.133. The first-order valence-corrected chi connectivity index (χ1v) is 11.9. The van der Waals surface area contributed by atoms with Gasteiger partial charge >= 0.3 is 0 Å². The summed E-state index contributed by atoms with van der Waals surface area (Å²) in [6.45, 7) is 12.5. The number of nitrogens with zero attached hydrogens (tertiary/aromatic N) is 5. The lowest BCUT2D eigenvalue weighted by Gasteiger charge is -2.19. The fourth-order valence-electron chi connectivity index (χ4n) is 3.80. The molecule has 0 fully saturated rings. The van der Waals surface area contributed by atoms with E-state index >= 15 is 0 Å². The molecule has 0 bridgehead atoms. The SMILES string of the molecule is CCN(CC)C(=O)COc1ccc(NC(=O)Cc2c(C)nn(-c3nc(C)cc(C)n3)c2C)cc1Cl. The Morgan fingerprint density at radius 1 is 1.06 bits per heavy atom. The van der Waals surface area contributed by atoms with Crippen LogP contribution in [0.25, 0.3) is 5.95 Å². The van der Waals surface area contributed by atoms with E-state index in [0.29, 0.717) is 35.5 Å². The monoisotopic (exact) mass is 498 g/mol. The highest BCUT2D eigenvalue weighted by Gasteiger charge is 2.18. The van der Waals surface area contributed by atoms with Crippen molar-refractivity contribution >= 4 is 29.1 Å². The summed E-state index contributed by atoms with van der Waals surface area (Å²) in [5, 5.41) is 7.72. The highest BCUT2D eigenvalue weighted by atomic mass is 35.5. The standard InChI is InChI=1S/C25H31ClN6O3/c1-7-31(8-2)24(34)14-35-22-10-9-19(12-21(22)26)29-23(33)13-20-17(5)30-32(18(20)6)25-27-15(3)11-16(4)28-25/h9-12H,7-8,13-14H2,1-6H3,(H,29,33). The predicted molar refractivity (Wildman–Crippen MR) is 135 cm³/mol. The third-order valence-electron chi connectivity index (χ3n) is 5.62. The van der Waals surface area contributed by atoms with Gasteiger partial charge in [-0.05, 0) is 65.8 Å². The minimum atomic E-state index is -0.210. The molecule has 2 heterocycles. The molecule has 0 aliphatic carbocycles. The first-order chi connectivity index (χ1) is 16.6. The molecule has 0 aliphatic rings. The van der Waals surface area contributed by atoms with Crippen molar-refractivity contribution in [3.8, 4) is 11.7 Å². The summed E-state index contributed by atoms with van der Waals surface area (Å²) in [5.74, 6) is 0.544. The largest absolute Gasteiger partial charge is 0.482 e. The van der Waals surface area contributed by atoms with Gasteiger partial charge < -0.3 is 15.0 Å². The molecule has 0 spiro atoms. The van der Waals surface area contributed by atoms with E-state index < -0.39 is 0 Å². The maximum absolute atomic E-state index is 12.8. The number of aryl methyl sites for hydroxylation is 3. The number of carbonyl (C=O) groups excluding carboxylic acids is 2. The van der Waals surface area contributed by atoms with E-state index in [1.165, 1.54) is 0 Å². The van der Waals surface area contributed by atoms with Gasteiger partial charge in [-0.2, -0.15) is 5.10 Å². The van der Waals surface area contributed by atoms with Crippen molar-refractivity contribution < 1.29 is 14.3 Å². The quantitative estimate of drug-likeness (QED) is 0.478. The van der Waals surface area contributed by atoms with Gasteiger partial charge in [0.05, 0.1) is 17.1 Å². The van der Waals surface area contributed by atoms with E-state index in [2.05, 4.69) is 20.4 Å². The Morgan fingerprint density at radius 2 is 1.71 bits per heavy atom. The van der Waals surface area contributed by atoms with Crippen LogP contribution in [0.15, 0.2) is 24.3 Å². The molecule has 3 aromatic rings. The number of ether oxygens (including phenoxy) is 1. The van der Waals surface area contributed by atoms with Crippen LogP contribution in [-0.4, -0.2) is 56.2 Å². The smallest absolute Gasteiger partial charge is 0.260 e. The van der Waals surface area contributed by atoms with Gasteiger partial charge in [0.1, 0.15) is 5.75 Å². The van der Waals surface area contributed by atoms with Crippen molar-refractivity contribution in [2.24, 2.45) is 0 Å². The van der Waals surface area contributed by atoms with Crippen LogP contribution in [0, 0.1) is 27.7 Å². The molecule has 1 aromatic carbocycles. The number of aromatic nitrogens is 4. The van der Waals surface area contributed by atoms with Gasteiger partial charge in [0.15, 0.2) is 6.61 Å². The second kappa shape index (κ2) is 11.3. The molecule has 2 aromatic heterocycles.